The van der Waals surface area contributed by atoms with E-state index in [0.29, 0.717) is 30.8 Å². The summed E-state index contributed by atoms with van der Waals surface area (Å²) in [4.78, 5) is 25.2. The minimum atomic E-state index is -0.989. The Morgan fingerprint density at radius 2 is 1.59 bits per heavy atom. The van der Waals surface area contributed by atoms with Crippen molar-refractivity contribution >= 4 is 11.8 Å². The molecule has 0 radical (unpaired) electrons. The Labute approximate surface area is 204 Å². The van der Waals surface area contributed by atoms with Crippen LogP contribution in [0.3, 0.4) is 0 Å². The van der Waals surface area contributed by atoms with Crippen LogP contribution in [0.4, 0.5) is 0 Å². The quantitative estimate of drug-likeness (QED) is 0.522. The third kappa shape index (κ3) is 3.96. The van der Waals surface area contributed by atoms with Crippen molar-refractivity contribution in [3.63, 3.8) is 0 Å². The molecular formula is C28H46O6. The average Bonchev–Trinajstić information content (AvgIpc) is 3.09. The van der Waals surface area contributed by atoms with Gasteiger partial charge in [-0.25, -0.2) is 0 Å². The van der Waals surface area contributed by atoms with Crippen LogP contribution in [-0.4, -0.2) is 52.0 Å². The molecule has 12 atom stereocenters. The number of fused-ring (bicyclic) bond motifs is 5. The minimum Gasteiger partial charge on any atom is -0.465 e. The maximum Gasteiger partial charge on any atom is 0.309 e. The van der Waals surface area contributed by atoms with Gasteiger partial charge in [0.25, 0.3) is 0 Å². The number of hydrogen-bond acceptors (Lipinski definition) is 6. The van der Waals surface area contributed by atoms with Crippen molar-refractivity contribution in [2.45, 2.75) is 98.4 Å². The molecule has 194 valence electrons. The first kappa shape index (κ1) is 26.1. The molecule has 3 N–H and O–H groups in total. The van der Waals surface area contributed by atoms with Gasteiger partial charge in [0.2, 0.25) is 0 Å². The van der Waals surface area contributed by atoms with Crippen LogP contribution in [0.5, 0.6) is 0 Å². The number of aliphatic hydroxyl groups excluding tert-OH is 3. The molecule has 1 saturated heterocycles. The lowest BCUT2D eigenvalue weighted by molar-refractivity contribution is -0.160. The van der Waals surface area contributed by atoms with E-state index in [1.165, 1.54) is 0 Å². The summed E-state index contributed by atoms with van der Waals surface area (Å²) in [5.41, 5.74) is -0.424. The zero-order chi connectivity index (χ0) is 25.2. The van der Waals surface area contributed by atoms with Crippen LogP contribution in [0.1, 0.15) is 80.1 Å². The second-order valence-electron chi connectivity index (χ2n) is 13.1. The number of carbonyl (C=O) groups is 2. The van der Waals surface area contributed by atoms with Crippen molar-refractivity contribution in [3.8, 4) is 0 Å². The molecule has 0 unspecified atom stereocenters. The van der Waals surface area contributed by atoms with Crippen LogP contribution in [0.2, 0.25) is 0 Å². The normalized spacial score (nSPS) is 45.9. The lowest BCUT2D eigenvalue weighted by atomic mass is 9.48. The predicted octanol–water partition coefficient (Wildman–Crippen LogP) is 3.60. The fourth-order valence-corrected chi connectivity index (χ4v) is 8.78. The van der Waals surface area contributed by atoms with Crippen LogP contribution in [0.15, 0.2) is 0 Å². The number of rotatable bonds is 5. The smallest absolute Gasteiger partial charge is 0.309 e. The van der Waals surface area contributed by atoms with E-state index in [1.807, 2.05) is 6.92 Å². The van der Waals surface area contributed by atoms with Crippen molar-refractivity contribution in [2.24, 2.45) is 58.2 Å². The molecule has 3 saturated carbocycles. The van der Waals surface area contributed by atoms with Gasteiger partial charge in [-0.05, 0) is 84.4 Å². The van der Waals surface area contributed by atoms with Gasteiger partial charge in [-0.2, -0.15) is 0 Å². The van der Waals surface area contributed by atoms with Crippen LogP contribution >= 0.6 is 0 Å². The second-order valence-corrected chi connectivity index (χ2v) is 13.1. The Kier molecular flexibility index (Phi) is 7.02. The topological polar surface area (TPSA) is 104 Å². The highest BCUT2D eigenvalue weighted by Crippen LogP contribution is 2.66. The number of Topliss-reactive ketones (excluding diaryl/α,β-unsaturated/α-hetero) is 1. The molecule has 1 aliphatic heterocycles. The SMILES string of the molecule is CC(C)[C@@H](C)[C@@H](O)[C@H](O)[C@@H](C)[C@H]1CC[C@H]2[C@@H]3COC(=O)[C@H]4CC(=O)[C@H](O)C[C@]4(C)[C@H]3CC[C@]12C. The molecule has 4 rings (SSSR count). The van der Waals surface area contributed by atoms with Gasteiger partial charge in [0.1, 0.15) is 6.10 Å². The first-order chi connectivity index (χ1) is 15.8. The van der Waals surface area contributed by atoms with Crippen molar-refractivity contribution in [2.75, 3.05) is 6.61 Å². The lowest BCUT2D eigenvalue weighted by Crippen LogP contribution is -2.54. The van der Waals surface area contributed by atoms with Crippen LogP contribution in [0.25, 0.3) is 0 Å². The molecule has 34 heavy (non-hydrogen) atoms. The van der Waals surface area contributed by atoms with E-state index in [1.54, 1.807) is 0 Å². The van der Waals surface area contributed by atoms with Gasteiger partial charge < -0.3 is 20.1 Å². The lowest BCUT2D eigenvalue weighted by Gasteiger charge is -2.55. The highest BCUT2D eigenvalue weighted by atomic mass is 16.5. The molecule has 0 aromatic rings. The van der Waals surface area contributed by atoms with Crippen LogP contribution < -0.4 is 0 Å². The fraction of sp³-hybridized carbons (Fsp3) is 0.929. The molecule has 6 heteroatoms. The molecule has 0 bridgehead atoms. The van der Waals surface area contributed by atoms with Gasteiger partial charge in [0, 0.05) is 6.42 Å². The Bertz CT molecular complexity index is 796. The molecule has 4 aliphatic rings. The second kappa shape index (κ2) is 9.15. The van der Waals surface area contributed by atoms with Gasteiger partial charge in [-0.1, -0.05) is 41.5 Å². The summed E-state index contributed by atoms with van der Waals surface area (Å²) in [5, 5.41) is 32.5. The van der Waals surface area contributed by atoms with Gasteiger partial charge >= 0.3 is 5.97 Å². The molecule has 0 amide bonds. The number of ketones is 1. The maximum absolute atomic E-state index is 13.0. The summed E-state index contributed by atoms with van der Waals surface area (Å²) in [6.45, 7) is 13.1. The molecule has 6 nitrogen and oxygen atoms in total. The molecule has 3 aliphatic carbocycles. The summed E-state index contributed by atoms with van der Waals surface area (Å²) >= 11 is 0. The summed E-state index contributed by atoms with van der Waals surface area (Å²) in [5.74, 6) is 0.416. The van der Waals surface area contributed by atoms with Crippen molar-refractivity contribution < 1.29 is 29.6 Å². The summed E-state index contributed by atoms with van der Waals surface area (Å²) in [6, 6.07) is 0. The van der Waals surface area contributed by atoms with E-state index < -0.39 is 29.6 Å². The monoisotopic (exact) mass is 478 g/mol. The third-order valence-corrected chi connectivity index (χ3v) is 11.4. The first-order valence-corrected chi connectivity index (χ1v) is 13.6. The first-order valence-electron chi connectivity index (χ1n) is 13.6. The van der Waals surface area contributed by atoms with Crippen molar-refractivity contribution in [1.29, 1.82) is 0 Å². The van der Waals surface area contributed by atoms with Crippen LogP contribution in [-0.2, 0) is 14.3 Å². The third-order valence-electron chi connectivity index (χ3n) is 11.4. The van der Waals surface area contributed by atoms with Gasteiger partial charge in [-0.3, -0.25) is 9.59 Å². The number of carbonyl (C=O) groups excluding carboxylic acids is 2. The van der Waals surface area contributed by atoms with Crippen molar-refractivity contribution in [3.05, 3.63) is 0 Å². The van der Waals surface area contributed by atoms with Crippen LogP contribution in [0, 0.1) is 58.2 Å². The molecule has 1 heterocycles. The maximum atomic E-state index is 13.0. The fourth-order valence-electron chi connectivity index (χ4n) is 8.78. The largest absolute Gasteiger partial charge is 0.465 e. The number of ether oxygens (including phenoxy) is 1. The molecule has 0 aromatic carbocycles. The van der Waals surface area contributed by atoms with E-state index in [0.717, 1.165) is 25.7 Å². The Balaban J connectivity index is 1.58. The zero-order valence-corrected chi connectivity index (χ0v) is 21.9. The Morgan fingerprint density at radius 3 is 2.24 bits per heavy atom. The summed E-state index contributed by atoms with van der Waals surface area (Å²) in [6.07, 6.45) is 1.89. The Morgan fingerprint density at radius 1 is 0.941 bits per heavy atom. The Hall–Kier alpha value is -0.980. The molecule has 0 spiro atoms. The van der Waals surface area contributed by atoms with E-state index in [4.69, 9.17) is 4.74 Å². The molecular weight excluding hydrogens is 432 g/mol. The van der Waals surface area contributed by atoms with Gasteiger partial charge in [-0.15, -0.1) is 0 Å². The van der Waals surface area contributed by atoms with E-state index >= 15 is 0 Å². The van der Waals surface area contributed by atoms with Gasteiger partial charge in [0.05, 0.1) is 24.7 Å². The molecule has 0 aromatic heterocycles. The number of aliphatic hydroxyl groups is 3. The van der Waals surface area contributed by atoms with Crippen molar-refractivity contribution in [1.82, 2.24) is 0 Å². The predicted molar refractivity (Wildman–Crippen MR) is 129 cm³/mol. The highest BCUT2D eigenvalue weighted by Gasteiger charge is 2.63. The zero-order valence-electron chi connectivity index (χ0n) is 21.9. The van der Waals surface area contributed by atoms with Gasteiger partial charge in [0.15, 0.2) is 5.78 Å². The molecule has 4 fully saturated rings. The summed E-state index contributed by atoms with van der Waals surface area (Å²) < 4.78 is 5.82. The van der Waals surface area contributed by atoms with E-state index in [9.17, 15) is 24.9 Å². The number of hydrogen-bond donors (Lipinski definition) is 3. The number of esters is 1. The van der Waals surface area contributed by atoms with E-state index in [2.05, 4.69) is 34.6 Å². The standard InChI is InChI=1S/C28H46O6/c1-14(2)15(3)24(31)25(32)16(4)18-7-8-19-17-13-34-26(33)21-11-22(29)23(30)12-28(21,6)20(17)9-10-27(18,19)5/h14-21,23-25,30-32H,7-13H2,1-6H3/t15-,16+,17+,18-,19+,20+,21-,23-,24-,25-,27-,28-/m1/s1. The minimum absolute atomic E-state index is 0.00799. The van der Waals surface area contributed by atoms with E-state index in [-0.39, 0.29) is 47.3 Å². The highest BCUT2D eigenvalue weighted by molar-refractivity contribution is 5.89. The summed E-state index contributed by atoms with van der Waals surface area (Å²) in [7, 11) is 0. The number of cyclic esters (lactones) is 1. The average molecular weight is 479 g/mol.